The average molecular weight is 333 g/mol. The summed E-state index contributed by atoms with van der Waals surface area (Å²) in [7, 11) is -4.45. The van der Waals surface area contributed by atoms with Gasteiger partial charge in [0.25, 0.3) is 21.9 Å². The van der Waals surface area contributed by atoms with Gasteiger partial charge in [0.05, 0.1) is 0 Å². The average Bonchev–Trinajstić information content (AvgIpc) is 2.51. The molecular formula is C16H15NO5S. The summed E-state index contributed by atoms with van der Waals surface area (Å²) in [4.78, 5) is 26.0. The van der Waals surface area contributed by atoms with Gasteiger partial charge in [-0.25, -0.2) is 0 Å². The molecule has 0 fully saturated rings. The lowest BCUT2D eigenvalue weighted by molar-refractivity contribution is 0.0608. The predicted molar refractivity (Wildman–Crippen MR) is 84.0 cm³/mol. The van der Waals surface area contributed by atoms with Crippen LogP contribution < -0.4 is 0 Å². The quantitative estimate of drug-likeness (QED) is 0.685. The Morgan fingerprint density at radius 1 is 1.04 bits per heavy atom. The molecule has 0 spiro atoms. The molecule has 1 N–H and O–H groups in total. The third-order valence-corrected chi connectivity index (χ3v) is 4.88. The van der Waals surface area contributed by atoms with Crippen molar-refractivity contribution < 1.29 is 22.6 Å². The van der Waals surface area contributed by atoms with Gasteiger partial charge in [-0.15, -0.1) is 0 Å². The molecule has 120 valence electrons. The Balaban J connectivity index is 2.30. The Morgan fingerprint density at radius 3 is 2.30 bits per heavy atom. The van der Waals surface area contributed by atoms with Crippen LogP contribution in [0.15, 0.2) is 35.2 Å². The van der Waals surface area contributed by atoms with E-state index in [4.69, 9.17) is 0 Å². The van der Waals surface area contributed by atoms with Crippen LogP contribution in [0.1, 0.15) is 40.5 Å². The van der Waals surface area contributed by atoms with Gasteiger partial charge in [-0.05, 0) is 24.6 Å². The topological polar surface area (TPSA) is 91.8 Å². The van der Waals surface area contributed by atoms with Gasteiger partial charge in [-0.3, -0.25) is 19.0 Å². The number of rotatable bonds is 4. The lowest BCUT2D eigenvalue weighted by atomic mass is 9.94. The number of carbonyl (C=O) groups excluding carboxylic acids is 2. The second-order valence-electron chi connectivity index (χ2n) is 5.43. The van der Waals surface area contributed by atoms with Crippen LogP contribution >= 0.6 is 0 Å². The zero-order chi connectivity index (χ0) is 16.8. The van der Waals surface area contributed by atoms with Gasteiger partial charge in [0.15, 0.2) is 0 Å². The summed E-state index contributed by atoms with van der Waals surface area (Å²) < 4.78 is 32.4. The molecular weight excluding hydrogens is 318 g/mol. The van der Waals surface area contributed by atoms with Crippen molar-refractivity contribution in [1.29, 1.82) is 0 Å². The molecule has 23 heavy (non-hydrogen) atoms. The molecule has 0 bridgehead atoms. The number of benzene rings is 2. The van der Waals surface area contributed by atoms with Crippen molar-refractivity contribution in [2.75, 3.05) is 6.54 Å². The summed E-state index contributed by atoms with van der Waals surface area (Å²) in [6, 6.07) is 7.13. The zero-order valence-electron chi connectivity index (χ0n) is 12.4. The van der Waals surface area contributed by atoms with E-state index >= 15 is 0 Å². The summed E-state index contributed by atoms with van der Waals surface area (Å²) in [5.74, 6) is -0.872. The normalized spacial score (nSPS) is 14.6. The van der Waals surface area contributed by atoms with Gasteiger partial charge in [0.2, 0.25) is 0 Å². The van der Waals surface area contributed by atoms with Gasteiger partial charge in [-0.1, -0.05) is 25.5 Å². The van der Waals surface area contributed by atoms with Gasteiger partial charge >= 0.3 is 0 Å². The third-order valence-electron chi connectivity index (χ3n) is 3.96. The number of imide groups is 1. The van der Waals surface area contributed by atoms with Crippen molar-refractivity contribution in [3.05, 3.63) is 41.5 Å². The van der Waals surface area contributed by atoms with E-state index in [0.717, 1.165) is 6.42 Å². The number of amides is 2. The van der Waals surface area contributed by atoms with E-state index in [9.17, 15) is 22.6 Å². The van der Waals surface area contributed by atoms with Gasteiger partial charge in [0.1, 0.15) is 4.90 Å². The molecule has 3 rings (SSSR count). The minimum Gasteiger partial charge on any atom is -0.282 e. The van der Waals surface area contributed by atoms with Crippen LogP contribution in [0.25, 0.3) is 10.8 Å². The van der Waals surface area contributed by atoms with Crippen molar-refractivity contribution in [3.8, 4) is 0 Å². The first kappa shape index (κ1) is 15.6. The largest absolute Gasteiger partial charge is 0.295 e. The Kier molecular flexibility index (Phi) is 3.69. The number of hydrogen-bond donors (Lipinski definition) is 1. The fourth-order valence-corrected chi connectivity index (χ4v) is 3.55. The van der Waals surface area contributed by atoms with Crippen LogP contribution in [-0.4, -0.2) is 36.2 Å². The molecule has 0 atom stereocenters. The van der Waals surface area contributed by atoms with Crippen LogP contribution in [0, 0.1) is 0 Å². The second-order valence-corrected chi connectivity index (χ2v) is 6.82. The molecule has 1 heterocycles. The molecule has 0 radical (unpaired) electrons. The zero-order valence-corrected chi connectivity index (χ0v) is 13.3. The molecule has 6 nitrogen and oxygen atoms in total. The molecule has 0 saturated heterocycles. The maximum atomic E-state index is 12.6. The number of carbonyl (C=O) groups is 2. The van der Waals surface area contributed by atoms with Crippen LogP contribution in [-0.2, 0) is 10.1 Å². The molecule has 2 aromatic rings. The molecule has 2 amide bonds. The first-order chi connectivity index (χ1) is 10.9. The molecule has 0 saturated carbocycles. The molecule has 1 aliphatic rings. The van der Waals surface area contributed by atoms with E-state index in [-0.39, 0.29) is 26.8 Å². The molecule has 0 unspecified atom stereocenters. The standard InChI is InChI=1S/C16H15NO5S/c1-2-3-9-17-15(18)11-6-4-5-10-13(23(20,21)22)8-7-12(14(10)11)16(17)19/h4-8H,2-3,9H2,1H3,(H,20,21,22). The van der Waals surface area contributed by atoms with Crippen LogP contribution in [0.5, 0.6) is 0 Å². The number of nitrogens with zero attached hydrogens (tertiary/aromatic N) is 1. The summed E-state index contributed by atoms with van der Waals surface area (Å²) in [5, 5.41) is 0.463. The van der Waals surface area contributed by atoms with Crippen LogP contribution in [0.3, 0.4) is 0 Å². The second kappa shape index (κ2) is 5.43. The molecule has 1 aliphatic heterocycles. The van der Waals surface area contributed by atoms with E-state index in [0.29, 0.717) is 13.0 Å². The SMILES string of the molecule is CCCCN1C(=O)c2cccc3c(S(=O)(=O)O)ccc(c23)C1=O. The highest BCUT2D eigenvalue weighted by atomic mass is 32.2. The molecule has 0 aliphatic carbocycles. The maximum Gasteiger partial charge on any atom is 0.295 e. The van der Waals surface area contributed by atoms with Crippen molar-refractivity contribution >= 4 is 32.7 Å². The highest BCUT2D eigenvalue weighted by Crippen LogP contribution is 2.33. The van der Waals surface area contributed by atoms with Crippen LogP contribution in [0.2, 0.25) is 0 Å². The lowest BCUT2D eigenvalue weighted by Crippen LogP contribution is -2.40. The summed E-state index contributed by atoms with van der Waals surface area (Å²) in [5.41, 5.74) is 0.553. The van der Waals surface area contributed by atoms with Crippen molar-refractivity contribution in [3.63, 3.8) is 0 Å². The molecule has 0 aromatic heterocycles. The maximum absolute atomic E-state index is 12.6. The lowest BCUT2D eigenvalue weighted by Gasteiger charge is -2.27. The number of unbranched alkanes of at least 4 members (excludes halogenated alkanes) is 1. The smallest absolute Gasteiger partial charge is 0.282 e. The van der Waals surface area contributed by atoms with E-state index < -0.39 is 21.9 Å². The third kappa shape index (κ3) is 2.42. The van der Waals surface area contributed by atoms with E-state index in [1.165, 1.54) is 23.1 Å². The Hall–Kier alpha value is -2.25. The monoisotopic (exact) mass is 333 g/mol. The Labute approximate surface area is 133 Å². The fraction of sp³-hybridized carbons (Fsp3) is 0.250. The first-order valence-electron chi connectivity index (χ1n) is 7.25. The molecule has 7 heteroatoms. The van der Waals surface area contributed by atoms with E-state index in [1.54, 1.807) is 12.1 Å². The minimum atomic E-state index is -4.45. The van der Waals surface area contributed by atoms with E-state index in [2.05, 4.69) is 0 Å². The minimum absolute atomic E-state index is 0.180. The first-order valence-corrected chi connectivity index (χ1v) is 8.69. The van der Waals surface area contributed by atoms with Crippen molar-refractivity contribution in [2.45, 2.75) is 24.7 Å². The molecule has 2 aromatic carbocycles. The van der Waals surface area contributed by atoms with Gasteiger partial charge in [0, 0.05) is 28.4 Å². The number of hydrogen-bond acceptors (Lipinski definition) is 4. The highest BCUT2D eigenvalue weighted by molar-refractivity contribution is 7.86. The van der Waals surface area contributed by atoms with Crippen molar-refractivity contribution in [1.82, 2.24) is 4.90 Å². The predicted octanol–water partition coefficient (Wildman–Crippen LogP) is 2.48. The summed E-state index contributed by atoms with van der Waals surface area (Å²) in [6.45, 7) is 2.29. The van der Waals surface area contributed by atoms with Gasteiger partial charge in [-0.2, -0.15) is 8.42 Å². The van der Waals surface area contributed by atoms with E-state index in [1.807, 2.05) is 6.92 Å². The summed E-state index contributed by atoms with van der Waals surface area (Å²) in [6.07, 6.45) is 1.54. The Morgan fingerprint density at radius 2 is 1.70 bits per heavy atom. The fourth-order valence-electron chi connectivity index (χ4n) is 2.86. The summed E-state index contributed by atoms with van der Waals surface area (Å²) >= 11 is 0. The highest BCUT2D eigenvalue weighted by Gasteiger charge is 2.33. The Bertz CT molecular complexity index is 911. The van der Waals surface area contributed by atoms with Gasteiger partial charge < -0.3 is 0 Å². The van der Waals surface area contributed by atoms with Crippen molar-refractivity contribution in [2.24, 2.45) is 0 Å². The van der Waals surface area contributed by atoms with Crippen LogP contribution in [0.4, 0.5) is 0 Å².